The fourth-order valence-electron chi connectivity index (χ4n) is 10.7. The molecule has 0 N–H and O–H groups in total. The predicted molar refractivity (Wildman–Crippen MR) is 269 cm³/mol. The first-order valence-corrected chi connectivity index (χ1v) is 22.5. The van der Waals surface area contributed by atoms with Crippen molar-refractivity contribution >= 4 is 27.8 Å². The number of nitrogens with zero attached hydrogens (tertiary/aromatic N) is 1. The Balaban J connectivity index is 1.06. The van der Waals surface area contributed by atoms with E-state index in [1.165, 1.54) is 94.2 Å². The van der Waals surface area contributed by atoms with Crippen LogP contribution < -0.4 is 4.90 Å². The summed E-state index contributed by atoms with van der Waals surface area (Å²) in [4.78, 5) is 2.50. The van der Waals surface area contributed by atoms with E-state index >= 15 is 0 Å². The van der Waals surface area contributed by atoms with Crippen molar-refractivity contribution in [2.24, 2.45) is 0 Å². The number of fused-ring (bicyclic) bond motifs is 7. The van der Waals surface area contributed by atoms with Gasteiger partial charge in [-0.15, -0.1) is 0 Å². The molecule has 11 rings (SSSR count). The molecule has 0 aliphatic heterocycles. The summed E-state index contributed by atoms with van der Waals surface area (Å²) in [5.74, 6) is 0. The Kier molecular flexibility index (Phi) is 8.83. The molecule has 9 aromatic rings. The maximum absolute atomic E-state index is 2.50. The summed E-state index contributed by atoms with van der Waals surface area (Å²) in [6.07, 6.45) is 0. The van der Waals surface area contributed by atoms with Crippen LogP contribution >= 0.6 is 0 Å². The van der Waals surface area contributed by atoms with Crippen LogP contribution in [-0.4, -0.2) is 0 Å². The third-order valence-electron chi connectivity index (χ3n) is 14.3. The molecule has 0 aromatic heterocycles. The SMILES string of the molecule is CC(C)(C)c1ccc(-c2ccc(-c3ccc(N(c4ccc5c(c4)-c4ccccc4C5(C)C)c4ccc5ccccc5c4-c4ccc5c(c4)C(C)(C)c4ccccc4-5)cc3)cc2)cc1. The molecular weight excluding hydrogens is 759 g/mol. The van der Waals surface area contributed by atoms with Crippen molar-refractivity contribution in [2.75, 3.05) is 4.90 Å². The first-order valence-electron chi connectivity index (χ1n) is 22.5. The van der Waals surface area contributed by atoms with Crippen molar-refractivity contribution in [3.8, 4) is 55.6 Å². The van der Waals surface area contributed by atoms with Crippen LogP contribution in [-0.2, 0) is 16.2 Å². The molecule has 0 unspecified atom stereocenters. The van der Waals surface area contributed by atoms with E-state index < -0.39 is 0 Å². The van der Waals surface area contributed by atoms with Crippen LogP contribution in [0.4, 0.5) is 17.1 Å². The molecule has 0 radical (unpaired) electrons. The zero-order valence-electron chi connectivity index (χ0n) is 37.4. The Labute approximate surface area is 373 Å². The molecule has 1 nitrogen and oxygen atoms in total. The first kappa shape index (κ1) is 38.9. The third-order valence-corrected chi connectivity index (χ3v) is 14.3. The van der Waals surface area contributed by atoms with Crippen LogP contribution in [0, 0.1) is 0 Å². The largest absolute Gasteiger partial charge is 0.310 e. The maximum Gasteiger partial charge on any atom is 0.0546 e. The summed E-state index contributed by atoms with van der Waals surface area (Å²) in [5.41, 5.74) is 22.9. The van der Waals surface area contributed by atoms with Gasteiger partial charge in [-0.25, -0.2) is 0 Å². The van der Waals surface area contributed by atoms with Crippen LogP contribution in [0.1, 0.15) is 76.3 Å². The van der Waals surface area contributed by atoms with Gasteiger partial charge in [-0.3, -0.25) is 0 Å². The number of hydrogen-bond donors (Lipinski definition) is 0. The van der Waals surface area contributed by atoms with Crippen molar-refractivity contribution in [1.29, 1.82) is 0 Å². The van der Waals surface area contributed by atoms with E-state index in [0.717, 1.165) is 17.1 Å². The van der Waals surface area contributed by atoms with Crippen LogP contribution in [0.15, 0.2) is 194 Å². The third kappa shape index (κ3) is 6.28. The lowest BCUT2D eigenvalue weighted by Gasteiger charge is -2.30. The van der Waals surface area contributed by atoms with E-state index in [2.05, 4.69) is 247 Å². The van der Waals surface area contributed by atoms with Crippen LogP contribution in [0.25, 0.3) is 66.4 Å². The monoisotopic (exact) mass is 811 g/mol. The zero-order valence-corrected chi connectivity index (χ0v) is 37.4. The van der Waals surface area contributed by atoms with Crippen molar-refractivity contribution in [2.45, 2.75) is 64.7 Å². The fourth-order valence-corrected chi connectivity index (χ4v) is 10.7. The highest BCUT2D eigenvalue weighted by Gasteiger charge is 2.37. The zero-order chi connectivity index (χ0) is 43.3. The molecule has 2 aliphatic carbocycles. The Hall–Kier alpha value is -6.96. The Morgan fingerprint density at radius 3 is 1.48 bits per heavy atom. The minimum absolute atomic E-state index is 0.0781. The van der Waals surface area contributed by atoms with Gasteiger partial charge in [-0.1, -0.05) is 206 Å². The molecule has 0 saturated carbocycles. The second-order valence-electron chi connectivity index (χ2n) is 19.8. The topological polar surface area (TPSA) is 3.24 Å². The van der Waals surface area contributed by atoms with Gasteiger partial charge >= 0.3 is 0 Å². The van der Waals surface area contributed by atoms with Gasteiger partial charge in [0, 0.05) is 27.8 Å². The second kappa shape index (κ2) is 14.3. The second-order valence-corrected chi connectivity index (χ2v) is 19.8. The highest BCUT2D eigenvalue weighted by molar-refractivity contribution is 6.06. The highest BCUT2D eigenvalue weighted by Crippen LogP contribution is 2.54. The van der Waals surface area contributed by atoms with Gasteiger partial charge in [0.25, 0.3) is 0 Å². The molecular formula is C62H53N. The van der Waals surface area contributed by atoms with Gasteiger partial charge in [-0.05, 0) is 130 Å². The Bertz CT molecular complexity index is 3230. The van der Waals surface area contributed by atoms with Gasteiger partial charge in [-0.2, -0.15) is 0 Å². The molecule has 2 aliphatic rings. The summed E-state index contributed by atoms with van der Waals surface area (Å²) in [6.45, 7) is 16.3. The molecule has 0 amide bonds. The van der Waals surface area contributed by atoms with Crippen molar-refractivity contribution < 1.29 is 0 Å². The summed E-state index contributed by atoms with van der Waals surface area (Å²) in [7, 11) is 0. The normalized spacial score (nSPS) is 14.2. The van der Waals surface area contributed by atoms with Gasteiger partial charge in [0.2, 0.25) is 0 Å². The average molecular weight is 812 g/mol. The summed E-state index contributed by atoms with van der Waals surface area (Å²) in [6, 6.07) is 73.0. The average Bonchev–Trinajstić information content (AvgIpc) is 3.68. The lowest BCUT2D eigenvalue weighted by atomic mass is 9.81. The number of hydrogen-bond acceptors (Lipinski definition) is 1. The molecule has 9 aromatic carbocycles. The molecule has 0 spiro atoms. The minimum atomic E-state index is -0.114. The quantitative estimate of drug-likeness (QED) is 0.162. The van der Waals surface area contributed by atoms with E-state index in [0.29, 0.717) is 0 Å². The molecule has 1 heteroatoms. The summed E-state index contributed by atoms with van der Waals surface area (Å²) in [5, 5.41) is 2.47. The van der Waals surface area contributed by atoms with Crippen LogP contribution in [0.5, 0.6) is 0 Å². The van der Waals surface area contributed by atoms with Gasteiger partial charge in [0.15, 0.2) is 0 Å². The summed E-state index contributed by atoms with van der Waals surface area (Å²) >= 11 is 0. The fraction of sp³-hybridized carbons (Fsp3) is 0.161. The molecule has 306 valence electrons. The van der Waals surface area contributed by atoms with Crippen molar-refractivity contribution in [1.82, 2.24) is 0 Å². The van der Waals surface area contributed by atoms with E-state index in [1.54, 1.807) is 0 Å². The number of rotatable bonds is 6. The van der Waals surface area contributed by atoms with E-state index in [1.807, 2.05) is 0 Å². The van der Waals surface area contributed by atoms with E-state index in [4.69, 9.17) is 0 Å². The van der Waals surface area contributed by atoms with Gasteiger partial charge < -0.3 is 4.90 Å². The molecule has 0 bridgehead atoms. The maximum atomic E-state index is 2.50. The smallest absolute Gasteiger partial charge is 0.0546 e. The standard InChI is InChI=1S/C62H53N/c1-60(2,3)46-30-24-42(25-31-46)40-20-22-41(23-21-40)43-26-32-47(33-27-43)63(48-34-36-56-53(39-48)51-17-11-13-19-55(51)61(56,4)5)58-37-29-44-14-8-9-15-49(44)59(58)45-28-35-52-50-16-10-12-18-54(50)62(6,7)57(52)38-45/h8-39H,1-7H3. The van der Waals surface area contributed by atoms with Gasteiger partial charge in [0.05, 0.1) is 5.69 Å². The predicted octanol–water partition coefficient (Wildman–Crippen LogP) is 17.2. The molecule has 0 heterocycles. The molecule has 0 saturated heterocycles. The molecule has 0 fully saturated rings. The lowest BCUT2D eigenvalue weighted by Crippen LogP contribution is -2.16. The molecule has 0 atom stereocenters. The van der Waals surface area contributed by atoms with Crippen LogP contribution in [0.2, 0.25) is 0 Å². The van der Waals surface area contributed by atoms with Crippen molar-refractivity contribution in [3.05, 3.63) is 222 Å². The minimum Gasteiger partial charge on any atom is -0.310 e. The summed E-state index contributed by atoms with van der Waals surface area (Å²) < 4.78 is 0. The van der Waals surface area contributed by atoms with E-state index in [-0.39, 0.29) is 16.2 Å². The van der Waals surface area contributed by atoms with E-state index in [9.17, 15) is 0 Å². The number of benzene rings is 9. The molecule has 63 heavy (non-hydrogen) atoms. The van der Waals surface area contributed by atoms with Crippen LogP contribution in [0.3, 0.4) is 0 Å². The first-order chi connectivity index (χ1) is 30.4. The van der Waals surface area contributed by atoms with Crippen molar-refractivity contribution in [3.63, 3.8) is 0 Å². The van der Waals surface area contributed by atoms with Gasteiger partial charge in [0.1, 0.15) is 0 Å². The lowest BCUT2D eigenvalue weighted by molar-refractivity contribution is 0.590. The number of anilines is 3. The highest BCUT2D eigenvalue weighted by atomic mass is 15.1. The Morgan fingerprint density at radius 1 is 0.365 bits per heavy atom. The Morgan fingerprint density at radius 2 is 0.841 bits per heavy atom.